The Hall–Kier alpha value is -1.29. The molecule has 0 saturated carbocycles. The average molecular weight is 476 g/mol. The summed E-state index contributed by atoms with van der Waals surface area (Å²) < 4.78 is 3.72. The molecular weight excluding hydrogens is 461 g/mol. The lowest BCUT2D eigenvalue weighted by Crippen LogP contribution is -2.37. The number of rotatable bonds is 6. The maximum Gasteiger partial charge on any atom is 0.261 e. The number of halogens is 4. The zero-order chi connectivity index (χ0) is 20.3. The Balaban J connectivity index is 1.93. The summed E-state index contributed by atoms with van der Waals surface area (Å²) in [5.74, 6) is -0.0288. The molecule has 0 spiro atoms. The minimum absolute atomic E-state index is 0.420. The molecule has 0 aliphatic rings. The van der Waals surface area contributed by atoms with Crippen LogP contribution in [-0.4, -0.2) is 23.8 Å². The number of hydrogen-bond acceptors (Lipinski definition) is 3. The highest BCUT2D eigenvalue weighted by Gasteiger charge is 2.35. The third kappa shape index (κ3) is 4.48. The number of carbonyl (C=O) groups excluding carboxylic acids is 1. The van der Waals surface area contributed by atoms with Crippen molar-refractivity contribution in [3.05, 3.63) is 64.1 Å². The largest absolute Gasteiger partial charge is 0.356 e. The van der Waals surface area contributed by atoms with Gasteiger partial charge < -0.3 is 9.84 Å². The van der Waals surface area contributed by atoms with Gasteiger partial charge in [-0.25, -0.2) is 0 Å². The van der Waals surface area contributed by atoms with Crippen LogP contribution in [0.25, 0.3) is 22.6 Å². The fourth-order valence-electron chi connectivity index (χ4n) is 2.57. The van der Waals surface area contributed by atoms with Gasteiger partial charge in [0, 0.05) is 23.7 Å². The number of alkyl halides is 2. The van der Waals surface area contributed by atoms with E-state index in [0.717, 1.165) is 0 Å². The Morgan fingerprint density at radius 3 is 2.46 bits per heavy atom. The number of hydrogen-bond donors (Lipinski definition) is 1. The SMILES string of the molecule is O=C(NCCP)C(Cl)(Cl)c1cccc(-c2cc(-c3c(Cl)cccc3Cl)no2)c1. The Labute approximate surface area is 184 Å². The van der Waals surface area contributed by atoms with E-state index in [0.29, 0.717) is 50.9 Å². The maximum absolute atomic E-state index is 12.3. The molecule has 0 saturated heterocycles. The topological polar surface area (TPSA) is 55.1 Å². The summed E-state index contributed by atoms with van der Waals surface area (Å²) in [6, 6.07) is 13.8. The summed E-state index contributed by atoms with van der Waals surface area (Å²) in [6.07, 6.45) is 0.696. The standard InChI is InChI=1S/C19H15Cl4N2O2P/c20-13-5-2-6-14(21)17(13)15-10-16(27-25-15)11-3-1-4-12(9-11)19(22,23)18(26)24-7-8-28/h1-6,9-10H,7-8,28H2,(H,24,26). The van der Waals surface area contributed by atoms with Crippen LogP contribution in [0, 0.1) is 0 Å². The summed E-state index contributed by atoms with van der Waals surface area (Å²) in [7, 11) is 2.52. The van der Waals surface area contributed by atoms with E-state index in [1.54, 1.807) is 48.5 Å². The van der Waals surface area contributed by atoms with Crippen molar-refractivity contribution in [1.82, 2.24) is 10.5 Å². The van der Waals surface area contributed by atoms with Crippen LogP contribution in [0.5, 0.6) is 0 Å². The van der Waals surface area contributed by atoms with Gasteiger partial charge in [-0.15, -0.1) is 9.24 Å². The summed E-state index contributed by atoms with van der Waals surface area (Å²) in [5.41, 5.74) is 2.15. The van der Waals surface area contributed by atoms with Gasteiger partial charge in [-0.3, -0.25) is 4.79 Å². The number of nitrogens with zero attached hydrogens (tertiary/aromatic N) is 1. The lowest BCUT2D eigenvalue weighted by atomic mass is 10.0. The molecule has 1 heterocycles. The number of aromatic nitrogens is 1. The first-order valence-corrected chi connectivity index (χ1v) is 10.6. The number of amides is 1. The minimum atomic E-state index is -1.73. The van der Waals surface area contributed by atoms with Gasteiger partial charge in [-0.1, -0.05) is 75.8 Å². The highest BCUT2D eigenvalue weighted by Crippen LogP contribution is 2.38. The summed E-state index contributed by atoms with van der Waals surface area (Å²) in [5, 5.41) is 7.67. The van der Waals surface area contributed by atoms with Crippen LogP contribution in [0.1, 0.15) is 5.56 Å². The van der Waals surface area contributed by atoms with Crippen molar-refractivity contribution in [2.75, 3.05) is 12.7 Å². The van der Waals surface area contributed by atoms with E-state index in [1.165, 1.54) is 0 Å². The Morgan fingerprint density at radius 1 is 1.11 bits per heavy atom. The summed E-state index contributed by atoms with van der Waals surface area (Å²) >= 11 is 25.1. The number of carbonyl (C=O) groups is 1. The molecule has 1 unspecified atom stereocenters. The molecule has 1 aromatic heterocycles. The van der Waals surface area contributed by atoms with E-state index in [9.17, 15) is 4.79 Å². The number of benzene rings is 2. The van der Waals surface area contributed by atoms with Crippen molar-refractivity contribution >= 4 is 61.6 Å². The van der Waals surface area contributed by atoms with E-state index >= 15 is 0 Å². The molecule has 3 rings (SSSR count). The quantitative estimate of drug-likeness (QED) is 0.354. The normalized spacial score (nSPS) is 11.5. The highest BCUT2D eigenvalue weighted by molar-refractivity contribution is 7.16. The first-order chi connectivity index (χ1) is 13.3. The molecule has 0 fully saturated rings. The lowest BCUT2D eigenvalue weighted by molar-refractivity contribution is -0.121. The van der Waals surface area contributed by atoms with Crippen molar-refractivity contribution in [2.45, 2.75) is 4.33 Å². The van der Waals surface area contributed by atoms with E-state index in [-0.39, 0.29) is 0 Å². The zero-order valence-electron chi connectivity index (χ0n) is 14.4. The van der Waals surface area contributed by atoms with Gasteiger partial charge in [0.1, 0.15) is 5.69 Å². The van der Waals surface area contributed by atoms with E-state index in [4.69, 9.17) is 50.9 Å². The molecule has 1 amide bonds. The van der Waals surface area contributed by atoms with Crippen molar-refractivity contribution in [3.63, 3.8) is 0 Å². The fourth-order valence-corrected chi connectivity index (χ4v) is 3.67. The molecule has 3 aromatic rings. The van der Waals surface area contributed by atoms with Crippen molar-refractivity contribution in [1.29, 1.82) is 0 Å². The molecule has 4 nitrogen and oxygen atoms in total. The van der Waals surface area contributed by atoms with Gasteiger partial charge in [-0.05, 0) is 29.9 Å². The predicted molar refractivity (Wildman–Crippen MR) is 118 cm³/mol. The van der Waals surface area contributed by atoms with Gasteiger partial charge >= 0.3 is 0 Å². The van der Waals surface area contributed by atoms with Crippen LogP contribution >= 0.6 is 55.6 Å². The molecule has 0 bridgehead atoms. The second-order valence-electron chi connectivity index (χ2n) is 5.87. The summed E-state index contributed by atoms with van der Waals surface area (Å²) in [4.78, 5) is 12.3. The molecule has 1 N–H and O–H groups in total. The second kappa shape index (κ2) is 9.02. The molecule has 2 aromatic carbocycles. The maximum atomic E-state index is 12.3. The monoisotopic (exact) mass is 474 g/mol. The molecule has 146 valence electrons. The van der Waals surface area contributed by atoms with Gasteiger partial charge in [0.25, 0.3) is 5.91 Å². The average Bonchev–Trinajstić information content (AvgIpc) is 3.15. The Bertz CT molecular complexity index is 987. The van der Waals surface area contributed by atoms with Crippen LogP contribution < -0.4 is 5.32 Å². The van der Waals surface area contributed by atoms with E-state index in [2.05, 4.69) is 19.7 Å². The van der Waals surface area contributed by atoms with Crippen molar-refractivity contribution in [3.8, 4) is 22.6 Å². The predicted octanol–water partition coefficient (Wildman–Crippen LogP) is 5.94. The zero-order valence-corrected chi connectivity index (χ0v) is 18.6. The minimum Gasteiger partial charge on any atom is -0.356 e. The first-order valence-electron chi connectivity index (χ1n) is 8.22. The van der Waals surface area contributed by atoms with Crippen molar-refractivity contribution < 1.29 is 9.32 Å². The van der Waals surface area contributed by atoms with Crippen molar-refractivity contribution in [2.24, 2.45) is 0 Å². The molecule has 9 heteroatoms. The van der Waals surface area contributed by atoms with E-state index < -0.39 is 10.2 Å². The number of nitrogens with one attached hydrogen (secondary N) is 1. The van der Waals surface area contributed by atoms with E-state index in [1.807, 2.05) is 0 Å². The molecule has 0 aliphatic heterocycles. The molecule has 28 heavy (non-hydrogen) atoms. The fraction of sp³-hybridized carbons (Fsp3) is 0.158. The van der Waals surface area contributed by atoms with Crippen LogP contribution in [0.15, 0.2) is 53.1 Å². The van der Waals surface area contributed by atoms with Crippen LogP contribution in [0.2, 0.25) is 10.0 Å². The van der Waals surface area contributed by atoms with Gasteiger partial charge in [-0.2, -0.15) is 0 Å². The third-order valence-electron chi connectivity index (χ3n) is 3.95. The first kappa shape index (κ1) is 21.4. The second-order valence-corrected chi connectivity index (χ2v) is 8.59. The van der Waals surface area contributed by atoms with Crippen LogP contribution in [0.3, 0.4) is 0 Å². The lowest BCUT2D eigenvalue weighted by Gasteiger charge is -2.19. The van der Waals surface area contributed by atoms with Gasteiger partial charge in [0.15, 0.2) is 5.76 Å². The molecular formula is C19H15Cl4N2O2P. The molecule has 1 atom stereocenters. The van der Waals surface area contributed by atoms with Crippen LogP contribution in [0.4, 0.5) is 0 Å². The van der Waals surface area contributed by atoms with Gasteiger partial charge in [0.2, 0.25) is 4.33 Å². The Kier molecular flexibility index (Phi) is 6.90. The molecule has 0 radical (unpaired) electrons. The Morgan fingerprint density at radius 2 is 1.79 bits per heavy atom. The van der Waals surface area contributed by atoms with Gasteiger partial charge in [0.05, 0.1) is 10.0 Å². The molecule has 0 aliphatic carbocycles. The van der Waals surface area contributed by atoms with Crippen LogP contribution in [-0.2, 0) is 9.13 Å². The smallest absolute Gasteiger partial charge is 0.261 e. The highest BCUT2D eigenvalue weighted by atomic mass is 35.5. The summed E-state index contributed by atoms with van der Waals surface area (Å²) in [6.45, 7) is 0.453. The third-order valence-corrected chi connectivity index (χ3v) is 5.65.